The molecule has 222 valence electrons. The third kappa shape index (κ3) is 12.7. The van der Waals surface area contributed by atoms with Crippen LogP contribution in [0, 0.1) is 17.8 Å². The van der Waals surface area contributed by atoms with Crippen LogP contribution in [0.4, 0.5) is 0 Å². The van der Waals surface area contributed by atoms with E-state index < -0.39 is 6.29 Å². The minimum absolute atomic E-state index is 0.000301. The second-order valence-corrected chi connectivity index (χ2v) is 9.44. The minimum atomic E-state index is -0.546. The molecule has 2 aliphatic heterocycles. The summed E-state index contributed by atoms with van der Waals surface area (Å²) in [5.41, 5.74) is 0. The van der Waals surface area contributed by atoms with E-state index >= 15 is 0 Å². The Morgan fingerprint density at radius 2 is 1.47 bits per heavy atom. The van der Waals surface area contributed by atoms with E-state index in [-0.39, 0.29) is 30.3 Å². The van der Waals surface area contributed by atoms with Crippen LogP contribution in [0.1, 0.15) is 27.2 Å². The van der Waals surface area contributed by atoms with Crippen molar-refractivity contribution in [2.75, 3.05) is 106 Å². The summed E-state index contributed by atoms with van der Waals surface area (Å²) in [5, 5.41) is 8.80. The van der Waals surface area contributed by atoms with Crippen molar-refractivity contribution in [1.82, 2.24) is 4.90 Å². The Balaban J connectivity index is 2.04. The molecule has 0 spiro atoms. The van der Waals surface area contributed by atoms with Crippen molar-refractivity contribution in [3.05, 3.63) is 11.8 Å². The van der Waals surface area contributed by atoms with E-state index in [0.29, 0.717) is 105 Å². The predicted octanol–water partition coefficient (Wildman–Crippen LogP) is 1.48. The van der Waals surface area contributed by atoms with Crippen LogP contribution in [-0.2, 0) is 42.7 Å². The molecule has 0 unspecified atom stereocenters. The van der Waals surface area contributed by atoms with Gasteiger partial charge in [0.2, 0.25) is 6.29 Å². The molecule has 0 aromatic rings. The van der Waals surface area contributed by atoms with Crippen molar-refractivity contribution in [3.63, 3.8) is 0 Å². The smallest absolute Gasteiger partial charge is 0.288 e. The molecule has 1 amide bonds. The highest BCUT2D eigenvalue weighted by molar-refractivity contribution is 5.91. The van der Waals surface area contributed by atoms with Gasteiger partial charge >= 0.3 is 0 Å². The Labute approximate surface area is 227 Å². The van der Waals surface area contributed by atoms with Crippen molar-refractivity contribution in [2.45, 2.75) is 33.5 Å². The SMILES string of the molecule is CCO[C@@H]1OC(C(=O)N2CCOCCOCCOCCOCC2)=C[C@H](C(C)C)[C@H]1CCOCCOCCO. The molecule has 2 aliphatic rings. The second-order valence-electron chi connectivity index (χ2n) is 9.44. The molecule has 11 heteroatoms. The zero-order valence-corrected chi connectivity index (χ0v) is 23.5. The summed E-state index contributed by atoms with van der Waals surface area (Å²) in [4.78, 5) is 15.3. The van der Waals surface area contributed by atoms with Crippen molar-refractivity contribution in [3.8, 4) is 0 Å². The molecule has 38 heavy (non-hydrogen) atoms. The standard InChI is InChI=1S/C27H49NO10/c1-4-37-27-23(5-9-31-13-16-34-12-8-29)24(22(2)3)21-25(38-27)26(30)28-6-10-32-14-17-35-19-20-36-18-15-33-11-7-28/h21-24,27,29H,4-20H2,1-3H3/t23-,24-,27-/m1/s1. The Morgan fingerprint density at radius 1 is 0.921 bits per heavy atom. The molecule has 11 nitrogen and oxygen atoms in total. The molecule has 2 rings (SSSR count). The molecule has 0 radical (unpaired) electrons. The number of carbonyl (C=O) groups is 1. The summed E-state index contributed by atoms with van der Waals surface area (Å²) in [6, 6.07) is 0. The lowest BCUT2D eigenvalue weighted by Crippen LogP contribution is -2.44. The third-order valence-corrected chi connectivity index (χ3v) is 6.36. The van der Waals surface area contributed by atoms with Crippen LogP contribution in [0.15, 0.2) is 11.8 Å². The molecule has 2 heterocycles. The number of hydrogen-bond donors (Lipinski definition) is 1. The van der Waals surface area contributed by atoms with Gasteiger partial charge in [0.1, 0.15) is 0 Å². The van der Waals surface area contributed by atoms with E-state index in [4.69, 9.17) is 43.0 Å². The van der Waals surface area contributed by atoms with Gasteiger partial charge in [-0.3, -0.25) is 4.79 Å². The first-order valence-electron chi connectivity index (χ1n) is 13.9. The summed E-state index contributed by atoms with van der Waals surface area (Å²) < 4.78 is 45.5. The maximum atomic E-state index is 13.6. The van der Waals surface area contributed by atoms with E-state index in [1.165, 1.54) is 0 Å². The van der Waals surface area contributed by atoms with Gasteiger partial charge in [-0.1, -0.05) is 13.8 Å². The molecule has 0 aliphatic carbocycles. The lowest BCUT2D eigenvalue weighted by atomic mass is 9.79. The number of allylic oxidation sites excluding steroid dienone is 1. The largest absolute Gasteiger partial charge is 0.459 e. The summed E-state index contributed by atoms with van der Waals surface area (Å²) in [7, 11) is 0. The van der Waals surface area contributed by atoms with Gasteiger partial charge in [0, 0.05) is 32.2 Å². The van der Waals surface area contributed by atoms with E-state index in [2.05, 4.69) is 13.8 Å². The van der Waals surface area contributed by atoms with E-state index in [9.17, 15) is 4.79 Å². The number of ether oxygens (including phenoxy) is 8. The number of carbonyl (C=O) groups excluding carboxylic acids is 1. The van der Waals surface area contributed by atoms with Crippen molar-refractivity contribution < 1.29 is 47.8 Å². The summed E-state index contributed by atoms with van der Waals surface area (Å²) >= 11 is 0. The van der Waals surface area contributed by atoms with Gasteiger partial charge in [-0.2, -0.15) is 0 Å². The van der Waals surface area contributed by atoms with Gasteiger partial charge in [-0.25, -0.2) is 0 Å². The van der Waals surface area contributed by atoms with Crippen LogP contribution in [-0.4, -0.2) is 128 Å². The molecule has 3 atom stereocenters. The van der Waals surface area contributed by atoms with Crippen LogP contribution in [0.5, 0.6) is 0 Å². The molecular formula is C27H49NO10. The van der Waals surface area contributed by atoms with Crippen molar-refractivity contribution in [2.24, 2.45) is 17.8 Å². The van der Waals surface area contributed by atoms with E-state index in [0.717, 1.165) is 6.42 Å². The minimum Gasteiger partial charge on any atom is -0.459 e. The maximum Gasteiger partial charge on any atom is 0.288 e. The van der Waals surface area contributed by atoms with E-state index in [1.54, 1.807) is 4.90 Å². The van der Waals surface area contributed by atoms with Crippen LogP contribution in [0.3, 0.4) is 0 Å². The van der Waals surface area contributed by atoms with Crippen LogP contribution < -0.4 is 0 Å². The molecule has 0 saturated carbocycles. The molecule has 1 N–H and O–H groups in total. The maximum absolute atomic E-state index is 13.6. The number of aliphatic hydroxyl groups excluding tert-OH is 1. The number of rotatable bonds is 12. The summed E-state index contributed by atoms with van der Waals surface area (Å²) in [6.07, 6.45) is 2.13. The number of nitrogens with zero attached hydrogens (tertiary/aromatic N) is 1. The average Bonchev–Trinajstić information content (AvgIpc) is 2.92. The average molecular weight is 548 g/mol. The Hall–Kier alpha value is -1.31. The summed E-state index contributed by atoms with van der Waals surface area (Å²) in [6.45, 7) is 12.9. The quantitative estimate of drug-likeness (QED) is 0.360. The zero-order valence-electron chi connectivity index (χ0n) is 23.5. The van der Waals surface area contributed by atoms with Gasteiger partial charge < -0.3 is 47.9 Å². The van der Waals surface area contributed by atoms with Crippen LogP contribution >= 0.6 is 0 Å². The molecule has 1 fully saturated rings. The third-order valence-electron chi connectivity index (χ3n) is 6.36. The predicted molar refractivity (Wildman–Crippen MR) is 140 cm³/mol. The number of aliphatic hydroxyl groups is 1. The van der Waals surface area contributed by atoms with Gasteiger partial charge in [0.25, 0.3) is 5.91 Å². The summed E-state index contributed by atoms with van der Waals surface area (Å²) in [5.74, 6) is 0.511. The molecule has 1 saturated heterocycles. The normalized spacial score (nSPS) is 24.8. The van der Waals surface area contributed by atoms with Crippen molar-refractivity contribution >= 4 is 5.91 Å². The van der Waals surface area contributed by atoms with E-state index in [1.807, 2.05) is 13.0 Å². The zero-order chi connectivity index (χ0) is 27.4. The lowest BCUT2D eigenvalue weighted by molar-refractivity contribution is -0.180. The first-order chi connectivity index (χ1) is 18.6. The fourth-order valence-corrected chi connectivity index (χ4v) is 4.38. The highest BCUT2D eigenvalue weighted by atomic mass is 16.7. The van der Waals surface area contributed by atoms with Gasteiger partial charge in [0.15, 0.2) is 5.76 Å². The van der Waals surface area contributed by atoms with Crippen LogP contribution in [0.2, 0.25) is 0 Å². The van der Waals surface area contributed by atoms with Crippen molar-refractivity contribution in [1.29, 1.82) is 0 Å². The number of amides is 1. The second kappa shape index (κ2) is 20.6. The lowest BCUT2D eigenvalue weighted by Gasteiger charge is -2.39. The molecular weight excluding hydrogens is 498 g/mol. The highest BCUT2D eigenvalue weighted by Gasteiger charge is 2.39. The van der Waals surface area contributed by atoms with Crippen LogP contribution in [0.25, 0.3) is 0 Å². The van der Waals surface area contributed by atoms with Gasteiger partial charge in [-0.05, 0) is 31.3 Å². The topological polar surface area (TPSA) is 114 Å². The fraction of sp³-hybridized carbons (Fsp3) is 0.889. The first-order valence-corrected chi connectivity index (χ1v) is 13.9. The Bertz CT molecular complexity index is 631. The monoisotopic (exact) mass is 547 g/mol. The molecule has 0 aromatic carbocycles. The Kier molecular flexibility index (Phi) is 17.8. The number of hydrogen-bond acceptors (Lipinski definition) is 10. The Morgan fingerprint density at radius 3 is 2.00 bits per heavy atom. The van der Waals surface area contributed by atoms with Gasteiger partial charge in [0.05, 0.1) is 79.3 Å². The molecule has 0 bridgehead atoms. The fourth-order valence-electron chi connectivity index (χ4n) is 4.38. The highest BCUT2D eigenvalue weighted by Crippen LogP contribution is 2.36. The first kappa shape index (κ1) is 32.9. The van der Waals surface area contributed by atoms with Gasteiger partial charge in [-0.15, -0.1) is 0 Å². The molecule has 0 aromatic heterocycles.